The van der Waals surface area contributed by atoms with Gasteiger partial charge in [-0.25, -0.2) is 0 Å². The number of hydrogen-bond acceptors (Lipinski definition) is 2. The average molecular weight is 246 g/mol. The van der Waals surface area contributed by atoms with Gasteiger partial charge in [-0.2, -0.15) is 0 Å². The summed E-state index contributed by atoms with van der Waals surface area (Å²) in [6.45, 7) is 4.97. The van der Waals surface area contributed by atoms with Gasteiger partial charge in [0, 0.05) is 18.9 Å². The van der Waals surface area contributed by atoms with Crippen LogP contribution >= 0.6 is 0 Å². The topological polar surface area (TPSA) is 26.3 Å². The summed E-state index contributed by atoms with van der Waals surface area (Å²) >= 11 is 0. The van der Waals surface area contributed by atoms with E-state index in [1.165, 1.54) is 5.56 Å². The van der Waals surface area contributed by atoms with Gasteiger partial charge in [0.15, 0.2) is 0 Å². The van der Waals surface area contributed by atoms with E-state index in [-0.39, 0.29) is 12.0 Å². The second-order valence-corrected chi connectivity index (χ2v) is 5.03. The number of rotatable bonds is 5. The van der Waals surface area contributed by atoms with E-state index >= 15 is 0 Å². The van der Waals surface area contributed by atoms with Crippen LogP contribution < -0.4 is 0 Å². The number of Topliss-reactive ketones (excluding diaryl/α,β-unsaturated/α-hetero) is 1. The average Bonchev–Trinajstić information content (AvgIpc) is 2.88. The molecule has 1 aliphatic rings. The van der Waals surface area contributed by atoms with Gasteiger partial charge in [-0.1, -0.05) is 38.1 Å². The molecule has 2 atom stereocenters. The number of aryl methyl sites for hydroxylation is 1. The Kier molecular flexibility index (Phi) is 4.54. The summed E-state index contributed by atoms with van der Waals surface area (Å²) in [5.41, 5.74) is 2.45. The monoisotopic (exact) mass is 246 g/mol. The Morgan fingerprint density at radius 1 is 1.22 bits per heavy atom. The molecule has 2 unspecified atom stereocenters. The maximum absolute atomic E-state index is 12.3. The third-order valence-electron chi connectivity index (χ3n) is 3.84. The predicted molar refractivity (Wildman–Crippen MR) is 72.7 cm³/mol. The molecule has 0 aliphatic carbocycles. The molecule has 1 heterocycles. The first-order valence-corrected chi connectivity index (χ1v) is 6.96. The van der Waals surface area contributed by atoms with Crippen molar-refractivity contribution in [3.63, 3.8) is 0 Å². The smallest absolute Gasteiger partial charge is 0.143 e. The van der Waals surface area contributed by atoms with Gasteiger partial charge in [0.05, 0.1) is 6.10 Å². The number of ketones is 1. The molecule has 2 rings (SSSR count). The Hall–Kier alpha value is -1.15. The second kappa shape index (κ2) is 6.14. The summed E-state index contributed by atoms with van der Waals surface area (Å²) in [5, 5.41) is 0. The van der Waals surface area contributed by atoms with Crippen molar-refractivity contribution in [1.82, 2.24) is 0 Å². The first-order chi connectivity index (χ1) is 8.74. The van der Waals surface area contributed by atoms with E-state index in [0.717, 1.165) is 31.4 Å². The molecule has 0 aromatic heterocycles. The van der Waals surface area contributed by atoms with Crippen LogP contribution in [0.15, 0.2) is 24.3 Å². The molecule has 1 fully saturated rings. The fraction of sp³-hybridized carbons (Fsp3) is 0.562. The van der Waals surface area contributed by atoms with Gasteiger partial charge in [0.25, 0.3) is 0 Å². The van der Waals surface area contributed by atoms with Gasteiger partial charge in [-0.3, -0.25) is 4.79 Å². The van der Waals surface area contributed by atoms with E-state index in [9.17, 15) is 4.79 Å². The van der Waals surface area contributed by atoms with E-state index in [0.29, 0.717) is 12.2 Å². The second-order valence-electron chi connectivity index (χ2n) is 5.03. The van der Waals surface area contributed by atoms with Crippen LogP contribution in [0, 0.1) is 5.92 Å². The number of ether oxygens (including phenoxy) is 1. The molecular weight excluding hydrogens is 224 g/mol. The van der Waals surface area contributed by atoms with Crippen LogP contribution in [-0.4, -0.2) is 18.5 Å². The fourth-order valence-electron chi connectivity index (χ4n) is 2.64. The zero-order valence-corrected chi connectivity index (χ0v) is 11.3. The zero-order chi connectivity index (χ0) is 13.0. The van der Waals surface area contributed by atoms with Crippen LogP contribution in [0.3, 0.4) is 0 Å². The van der Waals surface area contributed by atoms with Crippen molar-refractivity contribution in [2.24, 2.45) is 5.92 Å². The molecule has 18 heavy (non-hydrogen) atoms. The quantitative estimate of drug-likeness (QED) is 0.797. The van der Waals surface area contributed by atoms with Crippen molar-refractivity contribution in [2.75, 3.05) is 6.61 Å². The van der Waals surface area contributed by atoms with E-state index < -0.39 is 0 Å². The van der Waals surface area contributed by atoms with E-state index in [1.807, 2.05) is 0 Å². The first kappa shape index (κ1) is 13.3. The van der Waals surface area contributed by atoms with Crippen molar-refractivity contribution in [2.45, 2.75) is 45.6 Å². The van der Waals surface area contributed by atoms with Crippen LogP contribution in [0.4, 0.5) is 0 Å². The molecule has 0 spiro atoms. The Morgan fingerprint density at radius 3 is 2.50 bits per heavy atom. The third-order valence-corrected chi connectivity index (χ3v) is 3.84. The van der Waals surface area contributed by atoms with Crippen molar-refractivity contribution in [3.8, 4) is 0 Å². The molecule has 1 aliphatic heterocycles. The number of benzene rings is 1. The standard InChI is InChI=1S/C16H22O2/c1-3-12-5-7-13(8-6-12)11-15(17)14-9-10-18-16(14)4-2/h5-8,14,16H,3-4,9-11H2,1-2H3. The fourth-order valence-corrected chi connectivity index (χ4v) is 2.64. The van der Waals surface area contributed by atoms with Crippen molar-refractivity contribution in [1.29, 1.82) is 0 Å². The third kappa shape index (κ3) is 2.99. The Labute approximate surface area is 109 Å². The van der Waals surface area contributed by atoms with Gasteiger partial charge in [-0.15, -0.1) is 0 Å². The minimum absolute atomic E-state index is 0.112. The molecular formula is C16H22O2. The molecule has 1 saturated heterocycles. The highest BCUT2D eigenvalue weighted by Gasteiger charge is 2.32. The van der Waals surface area contributed by atoms with E-state index in [1.54, 1.807) is 0 Å². The van der Waals surface area contributed by atoms with Crippen LogP contribution in [0.2, 0.25) is 0 Å². The van der Waals surface area contributed by atoms with Gasteiger partial charge in [-0.05, 0) is 30.4 Å². The summed E-state index contributed by atoms with van der Waals surface area (Å²) in [6.07, 6.45) is 3.57. The van der Waals surface area contributed by atoms with E-state index in [4.69, 9.17) is 4.74 Å². The Morgan fingerprint density at radius 2 is 1.89 bits per heavy atom. The van der Waals surface area contributed by atoms with Crippen LogP contribution in [0.5, 0.6) is 0 Å². The molecule has 0 bridgehead atoms. The summed E-state index contributed by atoms with van der Waals surface area (Å²) in [5.74, 6) is 0.449. The zero-order valence-electron chi connectivity index (χ0n) is 11.3. The number of carbonyl (C=O) groups excluding carboxylic acids is 1. The molecule has 2 heteroatoms. The summed E-state index contributed by atoms with van der Waals surface area (Å²) < 4.78 is 5.59. The Bertz CT molecular complexity index is 394. The lowest BCUT2D eigenvalue weighted by Gasteiger charge is -2.15. The maximum Gasteiger partial charge on any atom is 0.143 e. The largest absolute Gasteiger partial charge is 0.377 e. The molecule has 98 valence electrons. The van der Waals surface area contributed by atoms with Crippen LogP contribution in [0.25, 0.3) is 0 Å². The summed E-state index contributed by atoms with van der Waals surface area (Å²) in [7, 11) is 0. The predicted octanol–water partition coefficient (Wildman–Crippen LogP) is 3.18. The normalized spacial score (nSPS) is 23.2. The number of carbonyl (C=O) groups is 1. The minimum Gasteiger partial charge on any atom is -0.377 e. The molecule has 0 amide bonds. The lowest BCUT2D eigenvalue weighted by molar-refractivity contribution is -0.123. The highest BCUT2D eigenvalue weighted by atomic mass is 16.5. The van der Waals surface area contributed by atoms with Gasteiger partial charge < -0.3 is 4.74 Å². The lowest BCUT2D eigenvalue weighted by Crippen LogP contribution is -2.25. The van der Waals surface area contributed by atoms with Crippen molar-refractivity contribution >= 4 is 5.78 Å². The van der Waals surface area contributed by atoms with Gasteiger partial charge >= 0.3 is 0 Å². The molecule has 0 saturated carbocycles. The minimum atomic E-state index is 0.112. The number of hydrogen-bond donors (Lipinski definition) is 0. The molecule has 0 N–H and O–H groups in total. The van der Waals surface area contributed by atoms with Crippen LogP contribution in [0.1, 0.15) is 37.8 Å². The van der Waals surface area contributed by atoms with Crippen LogP contribution in [-0.2, 0) is 22.4 Å². The highest BCUT2D eigenvalue weighted by Crippen LogP contribution is 2.25. The van der Waals surface area contributed by atoms with E-state index in [2.05, 4.69) is 38.1 Å². The van der Waals surface area contributed by atoms with Crippen molar-refractivity contribution in [3.05, 3.63) is 35.4 Å². The molecule has 1 aromatic rings. The first-order valence-electron chi connectivity index (χ1n) is 6.96. The molecule has 1 aromatic carbocycles. The molecule has 0 radical (unpaired) electrons. The summed E-state index contributed by atoms with van der Waals surface area (Å²) in [4.78, 5) is 12.3. The Balaban J connectivity index is 1.97. The van der Waals surface area contributed by atoms with Gasteiger partial charge in [0.2, 0.25) is 0 Å². The van der Waals surface area contributed by atoms with Gasteiger partial charge in [0.1, 0.15) is 5.78 Å². The van der Waals surface area contributed by atoms with Crippen molar-refractivity contribution < 1.29 is 9.53 Å². The summed E-state index contributed by atoms with van der Waals surface area (Å²) in [6, 6.07) is 8.39. The SMILES string of the molecule is CCc1ccc(CC(=O)C2CCOC2CC)cc1. The lowest BCUT2D eigenvalue weighted by atomic mass is 9.91. The highest BCUT2D eigenvalue weighted by molar-refractivity contribution is 5.84. The maximum atomic E-state index is 12.3. The molecule has 2 nitrogen and oxygen atoms in total.